The van der Waals surface area contributed by atoms with E-state index in [9.17, 15) is 4.79 Å². The zero-order valence-corrected chi connectivity index (χ0v) is 15.7. The quantitative estimate of drug-likeness (QED) is 0.873. The second-order valence-electron chi connectivity index (χ2n) is 7.35. The van der Waals surface area contributed by atoms with Gasteiger partial charge in [-0.2, -0.15) is 0 Å². The highest BCUT2D eigenvalue weighted by Gasteiger charge is 2.37. The molecular formula is C22H27N2O3+. The van der Waals surface area contributed by atoms with Crippen molar-refractivity contribution in [2.75, 3.05) is 25.1 Å². The number of para-hydroxylation sites is 1. The summed E-state index contributed by atoms with van der Waals surface area (Å²) in [5.41, 5.74) is 2.08. The Labute approximate surface area is 160 Å². The topological polar surface area (TPSA) is 52.0 Å². The molecule has 0 aromatic heterocycles. The summed E-state index contributed by atoms with van der Waals surface area (Å²) in [7, 11) is 0. The number of carbonyl (C=O) groups excluding carboxylic acids is 1. The van der Waals surface area contributed by atoms with E-state index in [-0.39, 0.29) is 11.9 Å². The number of hydrogen-bond donors (Lipinski definition) is 2. The molecule has 1 saturated heterocycles. The minimum Gasteiger partial charge on any atom is -0.490 e. The number of rotatable bonds is 4. The van der Waals surface area contributed by atoms with Gasteiger partial charge >= 0.3 is 0 Å². The average molecular weight is 367 g/mol. The smallest absolute Gasteiger partial charge is 0.282 e. The Morgan fingerprint density at radius 3 is 2.67 bits per heavy atom. The van der Waals surface area contributed by atoms with E-state index >= 15 is 0 Å². The van der Waals surface area contributed by atoms with E-state index in [0.717, 1.165) is 43.0 Å². The predicted octanol–water partition coefficient (Wildman–Crippen LogP) is 2.59. The number of amides is 1. The first-order valence-corrected chi connectivity index (χ1v) is 9.83. The molecule has 0 radical (unpaired) electrons. The van der Waals surface area contributed by atoms with Gasteiger partial charge in [0.2, 0.25) is 0 Å². The Balaban J connectivity index is 1.50. The molecule has 2 aromatic rings. The number of anilines is 1. The average Bonchev–Trinajstić information content (AvgIpc) is 3.06. The number of quaternary nitrogens is 1. The standard InChI is InChI=1S/C22H26N2O3/c1-16(22(25)23-18-7-3-2-4-8-18)24-12-5-9-19(24)17-10-11-20-21(15-17)27-14-6-13-26-20/h2-4,7-8,10-11,15-16,19H,5-6,9,12-14H2,1H3,(H,23,25)/p+1/t16-,19+/m0/s1. The van der Waals surface area contributed by atoms with E-state index in [2.05, 4.69) is 17.4 Å². The molecule has 3 atom stereocenters. The Hall–Kier alpha value is -2.53. The van der Waals surface area contributed by atoms with Crippen molar-refractivity contribution >= 4 is 11.6 Å². The first kappa shape index (κ1) is 17.9. The van der Waals surface area contributed by atoms with Crippen LogP contribution in [0.15, 0.2) is 48.5 Å². The third-order valence-corrected chi connectivity index (χ3v) is 5.57. The first-order chi connectivity index (χ1) is 13.2. The number of benzene rings is 2. The Kier molecular flexibility index (Phi) is 5.30. The maximum Gasteiger partial charge on any atom is 0.282 e. The first-order valence-electron chi connectivity index (χ1n) is 9.83. The SMILES string of the molecule is C[C@@H](C(=O)Nc1ccccc1)[NH+]1CCC[C@@H]1c1ccc2c(c1)OCCCO2. The zero-order valence-electron chi connectivity index (χ0n) is 15.7. The zero-order chi connectivity index (χ0) is 18.6. The van der Waals surface area contributed by atoms with Crippen LogP contribution in [0.1, 0.15) is 37.8 Å². The normalized spacial score (nSPS) is 22.7. The summed E-state index contributed by atoms with van der Waals surface area (Å²) in [4.78, 5) is 14.1. The van der Waals surface area contributed by atoms with Gasteiger partial charge in [0.15, 0.2) is 17.5 Å². The number of carbonyl (C=O) groups is 1. The van der Waals surface area contributed by atoms with Gasteiger partial charge in [0.25, 0.3) is 5.91 Å². The van der Waals surface area contributed by atoms with Crippen LogP contribution in [0.4, 0.5) is 5.69 Å². The van der Waals surface area contributed by atoms with Crippen LogP contribution in [0, 0.1) is 0 Å². The fraction of sp³-hybridized carbons (Fsp3) is 0.409. The van der Waals surface area contributed by atoms with Crippen molar-refractivity contribution in [1.82, 2.24) is 0 Å². The summed E-state index contributed by atoms with van der Waals surface area (Å²) in [5, 5.41) is 3.04. The fourth-order valence-corrected chi connectivity index (χ4v) is 4.11. The second-order valence-corrected chi connectivity index (χ2v) is 7.35. The maximum absolute atomic E-state index is 12.8. The van der Waals surface area contributed by atoms with Crippen LogP contribution < -0.4 is 19.7 Å². The maximum atomic E-state index is 12.8. The molecule has 1 unspecified atom stereocenters. The summed E-state index contributed by atoms with van der Waals surface area (Å²) in [6, 6.07) is 16.1. The molecule has 1 fully saturated rings. The molecule has 142 valence electrons. The van der Waals surface area contributed by atoms with Crippen LogP contribution in [0.2, 0.25) is 0 Å². The van der Waals surface area contributed by atoms with Gasteiger partial charge in [-0.3, -0.25) is 4.79 Å². The van der Waals surface area contributed by atoms with E-state index in [0.29, 0.717) is 19.3 Å². The Morgan fingerprint density at radius 1 is 1.07 bits per heavy atom. The highest BCUT2D eigenvalue weighted by Crippen LogP contribution is 2.33. The van der Waals surface area contributed by atoms with E-state index in [1.165, 1.54) is 10.5 Å². The van der Waals surface area contributed by atoms with Crippen molar-refractivity contribution in [3.8, 4) is 11.5 Å². The van der Waals surface area contributed by atoms with Gasteiger partial charge in [-0.1, -0.05) is 18.2 Å². The Morgan fingerprint density at radius 2 is 1.85 bits per heavy atom. The van der Waals surface area contributed by atoms with Gasteiger partial charge in [0, 0.05) is 30.5 Å². The molecular weight excluding hydrogens is 340 g/mol. The Bertz CT molecular complexity index is 793. The van der Waals surface area contributed by atoms with Crippen LogP contribution in [0.3, 0.4) is 0 Å². The van der Waals surface area contributed by atoms with Gasteiger partial charge in [-0.25, -0.2) is 0 Å². The van der Waals surface area contributed by atoms with Gasteiger partial charge in [-0.05, 0) is 37.3 Å². The number of ether oxygens (including phenoxy) is 2. The second kappa shape index (κ2) is 8.01. The van der Waals surface area contributed by atoms with Crippen molar-refractivity contribution in [1.29, 1.82) is 0 Å². The summed E-state index contributed by atoms with van der Waals surface area (Å²) in [6.45, 7) is 4.41. The van der Waals surface area contributed by atoms with Crippen LogP contribution in [-0.4, -0.2) is 31.7 Å². The molecule has 2 heterocycles. The van der Waals surface area contributed by atoms with Crippen LogP contribution in [0.25, 0.3) is 0 Å². The minimum absolute atomic E-state index is 0.0671. The van der Waals surface area contributed by atoms with Gasteiger partial charge in [-0.15, -0.1) is 0 Å². The van der Waals surface area contributed by atoms with Crippen molar-refractivity contribution in [3.63, 3.8) is 0 Å². The van der Waals surface area contributed by atoms with E-state index in [1.54, 1.807) is 0 Å². The van der Waals surface area contributed by atoms with Gasteiger partial charge in [0.1, 0.15) is 6.04 Å². The summed E-state index contributed by atoms with van der Waals surface area (Å²) in [6.07, 6.45) is 3.11. The monoisotopic (exact) mass is 367 g/mol. The van der Waals surface area contributed by atoms with Gasteiger partial charge < -0.3 is 19.7 Å². The fourth-order valence-electron chi connectivity index (χ4n) is 4.11. The highest BCUT2D eigenvalue weighted by atomic mass is 16.5. The predicted molar refractivity (Wildman–Crippen MR) is 104 cm³/mol. The lowest BCUT2D eigenvalue weighted by atomic mass is 10.0. The highest BCUT2D eigenvalue weighted by molar-refractivity contribution is 5.93. The van der Waals surface area contributed by atoms with Crippen molar-refractivity contribution in [2.45, 2.75) is 38.3 Å². The molecule has 2 aromatic carbocycles. The number of hydrogen-bond acceptors (Lipinski definition) is 3. The lowest BCUT2D eigenvalue weighted by Crippen LogP contribution is -3.15. The largest absolute Gasteiger partial charge is 0.490 e. The van der Waals surface area contributed by atoms with Gasteiger partial charge in [0.05, 0.1) is 19.8 Å². The molecule has 0 aliphatic carbocycles. The molecule has 0 spiro atoms. The molecule has 5 nitrogen and oxygen atoms in total. The summed E-state index contributed by atoms with van der Waals surface area (Å²) < 4.78 is 11.6. The molecule has 27 heavy (non-hydrogen) atoms. The van der Waals surface area contributed by atoms with Crippen molar-refractivity contribution in [2.24, 2.45) is 0 Å². The number of nitrogens with one attached hydrogen (secondary N) is 2. The number of fused-ring (bicyclic) bond motifs is 1. The summed E-state index contributed by atoms with van der Waals surface area (Å²) >= 11 is 0. The van der Waals surface area contributed by atoms with Crippen molar-refractivity contribution < 1.29 is 19.2 Å². The van der Waals surface area contributed by atoms with E-state index in [4.69, 9.17) is 9.47 Å². The minimum atomic E-state index is -0.117. The third-order valence-electron chi connectivity index (χ3n) is 5.57. The molecule has 4 rings (SSSR count). The molecule has 5 heteroatoms. The molecule has 2 aliphatic rings. The number of likely N-dealkylation sites (tertiary alicyclic amines) is 1. The van der Waals surface area contributed by atoms with Crippen molar-refractivity contribution in [3.05, 3.63) is 54.1 Å². The molecule has 0 saturated carbocycles. The molecule has 1 amide bonds. The van der Waals surface area contributed by atoms with Crippen LogP contribution >= 0.6 is 0 Å². The molecule has 2 aliphatic heterocycles. The van der Waals surface area contributed by atoms with Crippen LogP contribution in [0.5, 0.6) is 11.5 Å². The lowest BCUT2D eigenvalue weighted by molar-refractivity contribution is -0.932. The van der Waals surface area contributed by atoms with E-state index in [1.807, 2.05) is 43.3 Å². The lowest BCUT2D eigenvalue weighted by Gasteiger charge is -2.27. The molecule has 0 bridgehead atoms. The van der Waals surface area contributed by atoms with E-state index < -0.39 is 0 Å². The third kappa shape index (κ3) is 3.93. The van der Waals surface area contributed by atoms with Crippen LogP contribution in [-0.2, 0) is 4.79 Å². The summed E-state index contributed by atoms with van der Waals surface area (Å²) in [5.74, 6) is 1.72. The molecule has 2 N–H and O–H groups in total.